The molecule has 0 saturated carbocycles. The lowest BCUT2D eigenvalue weighted by Gasteiger charge is -2.35. The first-order valence-corrected chi connectivity index (χ1v) is 11.2. The van der Waals surface area contributed by atoms with E-state index in [1.54, 1.807) is 6.07 Å². The van der Waals surface area contributed by atoms with Gasteiger partial charge in [-0.3, -0.25) is 9.89 Å². The lowest BCUT2D eigenvalue weighted by molar-refractivity contribution is -0.0587. The molecular formula is C22H27ClN6O2. The van der Waals surface area contributed by atoms with Gasteiger partial charge in [0.05, 0.1) is 28.6 Å². The van der Waals surface area contributed by atoms with E-state index in [1.165, 1.54) is 17.7 Å². The minimum atomic E-state index is -0.0701. The number of aromatic amines is 1. The molecule has 9 heteroatoms. The van der Waals surface area contributed by atoms with Crippen LogP contribution in [0.4, 0.5) is 0 Å². The number of halogens is 1. The standard InChI is InChI=1S/C22H27ClN6O2/c1-13-10-28(11-14(2)31-13)22(30)21-19(29-12-15(23)6-7-20(29)25-21)9-24-8-18-16-4-3-5-17(16)26-27-18/h6-7,12-14,24H,3-5,8-11H2,1-2H3,(H,26,27)/t13-,14+. The quantitative estimate of drug-likeness (QED) is 0.634. The second-order valence-corrected chi connectivity index (χ2v) is 8.97. The van der Waals surface area contributed by atoms with Crippen LogP contribution in [0.1, 0.15) is 53.4 Å². The molecule has 1 amide bonds. The zero-order valence-electron chi connectivity index (χ0n) is 17.8. The summed E-state index contributed by atoms with van der Waals surface area (Å²) in [5.41, 5.74) is 5.62. The smallest absolute Gasteiger partial charge is 0.274 e. The Morgan fingerprint density at radius 2 is 2.06 bits per heavy atom. The lowest BCUT2D eigenvalue weighted by atomic mass is 10.2. The largest absolute Gasteiger partial charge is 0.372 e. The van der Waals surface area contributed by atoms with Gasteiger partial charge in [-0.2, -0.15) is 5.10 Å². The summed E-state index contributed by atoms with van der Waals surface area (Å²) >= 11 is 6.25. The summed E-state index contributed by atoms with van der Waals surface area (Å²) in [6, 6.07) is 3.63. The summed E-state index contributed by atoms with van der Waals surface area (Å²) in [6.45, 7) is 6.22. The first-order valence-electron chi connectivity index (χ1n) is 10.9. The molecule has 4 heterocycles. The molecule has 0 radical (unpaired) electrons. The van der Waals surface area contributed by atoms with Crippen molar-refractivity contribution in [1.29, 1.82) is 0 Å². The Labute approximate surface area is 185 Å². The number of pyridine rings is 1. The number of aromatic nitrogens is 4. The molecule has 1 saturated heterocycles. The van der Waals surface area contributed by atoms with Crippen molar-refractivity contribution in [1.82, 2.24) is 29.8 Å². The number of aryl methyl sites for hydroxylation is 1. The van der Waals surface area contributed by atoms with E-state index < -0.39 is 0 Å². The van der Waals surface area contributed by atoms with Gasteiger partial charge in [0.2, 0.25) is 0 Å². The van der Waals surface area contributed by atoms with Crippen molar-refractivity contribution in [3.05, 3.63) is 51.7 Å². The van der Waals surface area contributed by atoms with Gasteiger partial charge in [-0.05, 0) is 50.8 Å². The zero-order valence-corrected chi connectivity index (χ0v) is 18.6. The maximum Gasteiger partial charge on any atom is 0.274 e. The number of hydrogen-bond acceptors (Lipinski definition) is 5. The molecule has 1 aliphatic carbocycles. The number of carbonyl (C=O) groups excluding carboxylic acids is 1. The number of hydrogen-bond donors (Lipinski definition) is 2. The third-order valence-corrected chi connectivity index (χ3v) is 6.29. The molecule has 1 fully saturated rings. The fourth-order valence-electron chi connectivity index (χ4n) is 4.73. The third-order valence-electron chi connectivity index (χ3n) is 6.07. The first kappa shape index (κ1) is 20.5. The highest BCUT2D eigenvalue weighted by molar-refractivity contribution is 6.30. The molecule has 3 aromatic heterocycles. The van der Waals surface area contributed by atoms with E-state index in [-0.39, 0.29) is 18.1 Å². The maximum absolute atomic E-state index is 13.4. The van der Waals surface area contributed by atoms with Gasteiger partial charge in [-0.1, -0.05) is 11.6 Å². The van der Waals surface area contributed by atoms with Crippen molar-refractivity contribution in [3.8, 4) is 0 Å². The van der Waals surface area contributed by atoms with Crippen LogP contribution in [-0.4, -0.2) is 55.7 Å². The summed E-state index contributed by atoms with van der Waals surface area (Å²) in [5, 5.41) is 11.7. The topological polar surface area (TPSA) is 87.5 Å². The van der Waals surface area contributed by atoms with E-state index in [1.807, 2.05) is 35.4 Å². The van der Waals surface area contributed by atoms with Crippen LogP contribution in [0.15, 0.2) is 18.3 Å². The number of morpholine rings is 1. The fraction of sp³-hybridized carbons (Fsp3) is 0.500. The Kier molecular flexibility index (Phi) is 5.45. The number of amides is 1. The monoisotopic (exact) mass is 442 g/mol. The fourth-order valence-corrected chi connectivity index (χ4v) is 4.90. The SMILES string of the molecule is C[C@@H]1CN(C(=O)c2nc3ccc(Cl)cn3c2CNCc2n[nH]c3c2CCC3)C[C@H](C)O1. The summed E-state index contributed by atoms with van der Waals surface area (Å²) in [7, 11) is 0. The Morgan fingerprint density at radius 3 is 2.87 bits per heavy atom. The van der Waals surface area contributed by atoms with Crippen LogP contribution in [0.25, 0.3) is 5.65 Å². The average molecular weight is 443 g/mol. The van der Waals surface area contributed by atoms with Gasteiger partial charge in [-0.15, -0.1) is 0 Å². The predicted molar refractivity (Wildman–Crippen MR) is 117 cm³/mol. The maximum atomic E-state index is 13.4. The molecule has 0 bridgehead atoms. The Balaban J connectivity index is 1.41. The van der Waals surface area contributed by atoms with Crippen LogP contribution in [0.2, 0.25) is 5.02 Å². The second-order valence-electron chi connectivity index (χ2n) is 8.53. The van der Waals surface area contributed by atoms with E-state index in [4.69, 9.17) is 16.3 Å². The molecule has 0 spiro atoms. The van der Waals surface area contributed by atoms with Crippen molar-refractivity contribution in [3.63, 3.8) is 0 Å². The van der Waals surface area contributed by atoms with Gasteiger partial charge < -0.3 is 19.4 Å². The number of carbonyl (C=O) groups is 1. The van der Waals surface area contributed by atoms with E-state index in [0.717, 1.165) is 24.2 Å². The number of rotatable bonds is 5. The zero-order chi connectivity index (χ0) is 21.5. The minimum absolute atomic E-state index is 0.00233. The highest BCUT2D eigenvalue weighted by atomic mass is 35.5. The van der Waals surface area contributed by atoms with Gasteiger partial charge in [0.25, 0.3) is 5.91 Å². The first-order chi connectivity index (χ1) is 15.0. The van der Waals surface area contributed by atoms with Crippen molar-refractivity contribution >= 4 is 23.2 Å². The summed E-state index contributed by atoms with van der Waals surface area (Å²) < 4.78 is 7.70. The molecule has 164 valence electrons. The van der Waals surface area contributed by atoms with Gasteiger partial charge in [0, 0.05) is 38.1 Å². The highest BCUT2D eigenvalue weighted by Gasteiger charge is 2.30. The molecule has 0 unspecified atom stereocenters. The van der Waals surface area contributed by atoms with Crippen LogP contribution in [-0.2, 0) is 30.7 Å². The van der Waals surface area contributed by atoms with Crippen molar-refractivity contribution in [2.75, 3.05) is 13.1 Å². The van der Waals surface area contributed by atoms with Gasteiger partial charge >= 0.3 is 0 Å². The number of imidazole rings is 1. The van der Waals surface area contributed by atoms with Gasteiger partial charge in [0.1, 0.15) is 5.65 Å². The van der Waals surface area contributed by atoms with Crippen molar-refractivity contribution in [2.24, 2.45) is 0 Å². The molecule has 3 aromatic rings. The van der Waals surface area contributed by atoms with Crippen LogP contribution < -0.4 is 5.32 Å². The molecule has 2 aliphatic rings. The molecule has 1 aliphatic heterocycles. The molecule has 31 heavy (non-hydrogen) atoms. The number of H-pyrrole nitrogens is 1. The molecule has 0 aromatic carbocycles. The molecular weight excluding hydrogens is 416 g/mol. The van der Waals surface area contributed by atoms with E-state index >= 15 is 0 Å². The summed E-state index contributed by atoms with van der Waals surface area (Å²) in [5.74, 6) is -0.0701. The molecule has 2 atom stereocenters. The van der Waals surface area contributed by atoms with Crippen LogP contribution in [0.5, 0.6) is 0 Å². The number of nitrogens with one attached hydrogen (secondary N) is 2. The second kappa shape index (κ2) is 8.26. The van der Waals surface area contributed by atoms with E-state index in [9.17, 15) is 4.79 Å². The Bertz CT molecular complexity index is 1110. The lowest BCUT2D eigenvalue weighted by Crippen LogP contribution is -2.48. The Morgan fingerprint density at radius 1 is 1.26 bits per heavy atom. The van der Waals surface area contributed by atoms with Crippen molar-refractivity contribution in [2.45, 2.75) is 58.4 Å². The van der Waals surface area contributed by atoms with Crippen LogP contribution >= 0.6 is 11.6 Å². The third kappa shape index (κ3) is 3.95. The number of fused-ring (bicyclic) bond motifs is 2. The van der Waals surface area contributed by atoms with Crippen LogP contribution in [0, 0.1) is 0 Å². The summed E-state index contributed by atoms with van der Waals surface area (Å²) in [6.07, 6.45) is 5.14. The van der Waals surface area contributed by atoms with Gasteiger partial charge in [0.15, 0.2) is 5.69 Å². The minimum Gasteiger partial charge on any atom is -0.372 e. The van der Waals surface area contributed by atoms with E-state index in [2.05, 4.69) is 20.5 Å². The highest BCUT2D eigenvalue weighted by Crippen LogP contribution is 2.23. The van der Waals surface area contributed by atoms with Gasteiger partial charge in [-0.25, -0.2) is 4.98 Å². The predicted octanol–water partition coefficient (Wildman–Crippen LogP) is 2.74. The Hall–Kier alpha value is -2.42. The molecule has 2 N–H and O–H groups in total. The molecule has 8 nitrogen and oxygen atoms in total. The normalized spacial score (nSPS) is 21.1. The van der Waals surface area contributed by atoms with Crippen molar-refractivity contribution < 1.29 is 9.53 Å². The molecule has 5 rings (SSSR count). The van der Waals surface area contributed by atoms with E-state index in [0.29, 0.717) is 42.5 Å². The van der Waals surface area contributed by atoms with Crippen LogP contribution in [0.3, 0.4) is 0 Å². The average Bonchev–Trinajstić information content (AvgIpc) is 3.42. The number of ether oxygens (including phenoxy) is 1. The summed E-state index contributed by atoms with van der Waals surface area (Å²) in [4.78, 5) is 19.9. The number of nitrogens with zero attached hydrogens (tertiary/aromatic N) is 4.